The molecule has 0 saturated heterocycles. The van der Waals surface area contributed by atoms with Gasteiger partial charge in [0.25, 0.3) is 0 Å². The van der Waals surface area contributed by atoms with Crippen molar-refractivity contribution in [3.63, 3.8) is 0 Å². The molecule has 7 rings (SSSR count). The van der Waals surface area contributed by atoms with E-state index < -0.39 is 0 Å². The monoisotopic (exact) mass is 811 g/mol. The fraction of sp³-hybridized carbons (Fsp3) is 0.238. The number of hydrogen-bond donors (Lipinski definition) is 0. The van der Waals surface area contributed by atoms with E-state index in [-0.39, 0.29) is 26.5 Å². The second-order valence-electron chi connectivity index (χ2n) is 13.9. The van der Waals surface area contributed by atoms with Crippen LogP contribution in [0.5, 0.6) is 11.5 Å². The Morgan fingerprint density at radius 2 is 1.65 bits per heavy atom. The first-order valence-electron chi connectivity index (χ1n) is 16.4. The molecule has 3 aromatic heterocycles. The Balaban J connectivity index is 0.00000401. The second-order valence-corrected chi connectivity index (χ2v) is 13.9. The van der Waals surface area contributed by atoms with Gasteiger partial charge in [-0.25, -0.2) is 4.98 Å². The third-order valence-corrected chi connectivity index (χ3v) is 8.82. The van der Waals surface area contributed by atoms with Gasteiger partial charge in [-0.3, -0.25) is 4.68 Å². The largest absolute Gasteiger partial charge is 2.00 e. The van der Waals surface area contributed by atoms with Crippen molar-refractivity contribution in [1.29, 1.82) is 0 Å². The van der Waals surface area contributed by atoms with Crippen LogP contribution in [-0.4, -0.2) is 19.3 Å². The summed E-state index contributed by atoms with van der Waals surface area (Å²) >= 11 is 0. The number of nitrogens with zero attached hydrogens (tertiary/aromatic N) is 4. The molecule has 0 aliphatic rings. The first kappa shape index (κ1) is 33.4. The van der Waals surface area contributed by atoms with Crippen LogP contribution in [0.4, 0.5) is 0 Å². The van der Waals surface area contributed by atoms with Crippen LogP contribution in [0.1, 0.15) is 63.6 Å². The Morgan fingerprint density at radius 1 is 0.854 bits per heavy atom. The SMILES string of the molecule is Cc1cccc(CCC(C)(C)C)c1-c1cnn(-c2[c-]c(Oc3[c-]c4c(cc3)c3ccccc3n4-c3cc(C(C)C)ccn3)ccc2)c1.[Pt+2]. The summed E-state index contributed by atoms with van der Waals surface area (Å²) in [5, 5.41) is 7.00. The van der Waals surface area contributed by atoms with Crippen LogP contribution < -0.4 is 4.74 Å². The smallest absolute Gasteiger partial charge is 0.509 e. The first-order valence-corrected chi connectivity index (χ1v) is 16.4. The summed E-state index contributed by atoms with van der Waals surface area (Å²) < 4.78 is 10.5. The quantitative estimate of drug-likeness (QED) is 0.144. The van der Waals surface area contributed by atoms with Gasteiger partial charge in [-0.05, 0) is 82.6 Å². The van der Waals surface area contributed by atoms with Crippen molar-refractivity contribution >= 4 is 21.8 Å². The van der Waals surface area contributed by atoms with E-state index in [2.05, 4.69) is 125 Å². The molecule has 0 bridgehead atoms. The number of benzene rings is 4. The molecule has 0 unspecified atom stereocenters. The zero-order valence-electron chi connectivity index (χ0n) is 28.3. The van der Waals surface area contributed by atoms with Gasteiger partial charge < -0.3 is 9.30 Å². The molecule has 0 spiro atoms. The predicted molar refractivity (Wildman–Crippen MR) is 192 cm³/mol. The molecular formula is C42H40N4OPt. The van der Waals surface area contributed by atoms with E-state index in [1.165, 1.54) is 22.3 Å². The van der Waals surface area contributed by atoms with Gasteiger partial charge in [0.1, 0.15) is 5.82 Å². The molecular weight excluding hydrogens is 772 g/mol. The molecule has 0 amide bonds. The Hall–Kier alpha value is -4.47. The maximum absolute atomic E-state index is 6.40. The summed E-state index contributed by atoms with van der Waals surface area (Å²) in [6, 6.07) is 36.2. The fourth-order valence-corrected chi connectivity index (χ4v) is 6.28. The molecule has 7 aromatic rings. The zero-order chi connectivity index (χ0) is 32.7. The third kappa shape index (κ3) is 6.75. The topological polar surface area (TPSA) is 44.9 Å². The summed E-state index contributed by atoms with van der Waals surface area (Å²) in [7, 11) is 0. The van der Waals surface area contributed by atoms with E-state index in [1.54, 1.807) is 0 Å². The Bertz CT molecular complexity index is 2220. The summed E-state index contributed by atoms with van der Waals surface area (Å²) in [6.45, 7) is 13.5. The van der Waals surface area contributed by atoms with Crippen molar-refractivity contribution in [3.8, 4) is 34.1 Å². The van der Waals surface area contributed by atoms with Crippen LogP contribution in [0.25, 0.3) is 44.4 Å². The van der Waals surface area contributed by atoms with Gasteiger partial charge >= 0.3 is 21.1 Å². The minimum absolute atomic E-state index is 0. The summed E-state index contributed by atoms with van der Waals surface area (Å²) in [4.78, 5) is 4.77. The van der Waals surface area contributed by atoms with E-state index >= 15 is 0 Å². The average Bonchev–Trinajstić information content (AvgIpc) is 3.67. The zero-order valence-corrected chi connectivity index (χ0v) is 30.6. The minimum Gasteiger partial charge on any atom is -0.509 e. The van der Waals surface area contributed by atoms with E-state index in [4.69, 9.17) is 14.8 Å². The van der Waals surface area contributed by atoms with Gasteiger partial charge in [-0.2, -0.15) is 17.2 Å². The number of fused-ring (bicyclic) bond motifs is 3. The van der Waals surface area contributed by atoms with Crippen LogP contribution in [-0.2, 0) is 27.5 Å². The molecule has 4 aromatic carbocycles. The van der Waals surface area contributed by atoms with Crippen molar-refractivity contribution < 1.29 is 25.8 Å². The number of rotatable bonds is 8. The van der Waals surface area contributed by atoms with Crippen LogP contribution in [0.15, 0.2) is 104 Å². The number of para-hydroxylation sites is 1. The first-order chi connectivity index (χ1) is 22.6. The fourth-order valence-electron chi connectivity index (χ4n) is 6.28. The van der Waals surface area contributed by atoms with Crippen LogP contribution in [0.3, 0.4) is 0 Å². The standard InChI is InChI=1S/C42H40N4O.Pt/c1-28(2)31-20-22-43-40(23-31)46-38-16-8-7-15-36(38)37-18-17-35(25-39(37)46)47-34-14-10-13-33(24-34)45-27-32(26-44-45)41-29(3)11-9-12-30(41)19-21-42(4,5)6;/h7-18,20,22-23,26-28H,19,21H2,1-6H3;/q-2;+2. The Morgan fingerprint density at radius 3 is 2.46 bits per heavy atom. The Kier molecular flexibility index (Phi) is 9.45. The molecule has 0 fully saturated rings. The van der Waals surface area contributed by atoms with Gasteiger partial charge in [0.05, 0.1) is 6.20 Å². The average molecular weight is 812 g/mol. The molecule has 0 aliphatic heterocycles. The van der Waals surface area contributed by atoms with Crippen LogP contribution >= 0.6 is 0 Å². The van der Waals surface area contributed by atoms with Crippen molar-refractivity contribution in [2.45, 2.75) is 60.3 Å². The molecule has 6 heteroatoms. The van der Waals surface area contributed by atoms with Crippen molar-refractivity contribution in [2.24, 2.45) is 5.41 Å². The second kappa shape index (κ2) is 13.6. The molecule has 0 radical (unpaired) electrons. The van der Waals surface area contributed by atoms with Crippen LogP contribution in [0.2, 0.25) is 0 Å². The normalized spacial score (nSPS) is 11.7. The minimum atomic E-state index is 0. The van der Waals surface area contributed by atoms with E-state index in [1.807, 2.05) is 41.3 Å². The molecule has 0 aliphatic carbocycles. The summed E-state index contributed by atoms with van der Waals surface area (Å²) in [5.74, 6) is 2.47. The van der Waals surface area contributed by atoms with Gasteiger partial charge in [-0.15, -0.1) is 35.7 Å². The molecule has 0 atom stereocenters. The van der Waals surface area contributed by atoms with Gasteiger partial charge in [-0.1, -0.05) is 76.5 Å². The number of hydrogen-bond acceptors (Lipinski definition) is 3. The number of ether oxygens (including phenoxy) is 1. The maximum atomic E-state index is 6.40. The molecule has 48 heavy (non-hydrogen) atoms. The van der Waals surface area contributed by atoms with E-state index in [9.17, 15) is 0 Å². The summed E-state index contributed by atoms with van der Waals surface area (Å²) in [5.41, 5.74) is 9.31. The van der Waals surface area contributed by atoms with Gasteiger partial charge in [0.2, 0.25) is 0 Å². The maximum Gasteiger partial charge on any atom is 2.00 e. The molecule has 0 saturated carbocycles. The van der Waals surface area contributed by atoms with Crippen molar-refractivity contribution in [1.82, 2.24) is 19.3 Å². The molecule has 244 valence electrons. The van der Waals surface area contributed by atoms with E-state index in [0.717, 1.165) is 51.7 Å². The number of aromatic nitrogens is 4. The third-order valence-electron chi connectivity index (χ3n) is 8.82. The van der Waals surface area contributed by atoms with Crippen molar-refractivity contribution in [3.05, 3.63) is 132 Å². The summed E-state index contributed by atoms with van der Waals surface area (Å²) in [6.07, 6.45) is 8.08. The van der Waals surface area contributed by atoms with E-state index in [0.29, 0.717) is 17.4 Å². The van der Waals surface area contributed by atoms with Crippen LogP contribution in [0, 0.1) is 24.5 Å². The molecule has 0 N–H and O–H groups in total. The number of pyridine rings is 1. The molecule has 3 heterocycles. The van der Waals surface area contributed by atoms with Gasteiger partial charge in [0.15, 0.2) is 0 Å². The van der Waals surface area contributed by atoms with Gasteiger partial charge in [0, 0.05) is 35.0 Å². The Labute approximate surface area is 297 Å². The predicted octanol–water partition coefficient (Wildman–Crippen LogP) is 10.8. The molecule has 5 nitrogen and oxygen atoms in total. The number of aryl methyl sites for hydroxylation is 2. The van der Waals surface area contributed by atoms with Crippen molar-refractivity contribution in [2.75, 3.05) is 0 Å².